The van der Waals surface area contributed by atoms with Crippen molar-refractivity contribution >= 4 is 12.0 Å². The zero-order valence-electron chi connectivity index (χ0n) is 14.3. The normalized spacial score (nSPS) is 27.2. The molecule has 25 heavy (non-hydrogen) atoms. The molecule has 7 nitrogen and oxygen atoms in total. The topological polar surface area (TPSA) is 119 Å². The largest absolute Gasteiger partial charge is 0.508 e. The van der Waals surface area contributed by atoms with E-state index < -0.39 is 37.1 Å². The van der Waals surface area contributed by atoms with E-state index in [1.165, 1.54) is 0 Å². The van der Waals surface area contributed by atoms with Gasteiger partial charge in [-0.15, -0.1) is 0 Å². The number of hydrogen-bond donors (Lipinski definition) is 5. The van der Waals surface area contributed by atoms with Crippen molar-refractivity contribution in [2.75, 3.05) is 6.79 Å². The highest BCUT2D eigenvalue weighted by molar-refractivity contribution is 5.97. The van der Waals surface area contributed by atoms with E-state index in [4.69, 9.17) is 9.84 Å². The molecule has 0 heterocycles. The highest BCUT2D eigenvalue weighted by Gasteiger charge is 2.37. The van der Waals surface area contributed by atoms with Gasteiger partial charge < -0.3 is 30.5 Å². The number of phenols is 1. The summed E-state index contributed by atoms with van der Waals surface area (Å²) >= 11 is 0. The first kappa shape index (κ1) is 19.4. The highest BCUT2D eigenvalue weighted by Crippen LogP contribution is 2.23. The Morgan fingerprint density at radius 1 is 1.32 bits per heavy atom. The van der Waals surface area contributed by atoms with Gasteiger partial charge in [0.05, 0.1) is 24.4 Å². The number of hydrogen-bond acceptors (Lipinski definition) is 6. The SMILES string of the molecule is C/C(=C\c1ccc(C)c(O)c1)C(=O)NC1C(O)CC(OCO)CC1O. The molecule has 1 aromatic carbocycles. The summed E-state index contributed by atoms with van der Waals surface area (Å²) in [7, 11) is 0. The van der Waals surface area contributed by atoms with Crippen LogP contribution in [-0.4, -0.2) is 57.5 Å². The maximum absolute atomic E-state index is 12.3. The van der Waals surface area contributed by atoms with Gasteiger partial charge in [0.1, 0.15) is 12.5 Å². The Labute approximate surface area is 146 Å². The van der Waals surface area contributed by atoms with Crippen molar-refractivity contribution in [2.45, 2.75) is 51.0 Å². The number of benzene rings is 1. The number of carbonyl (C=O) groups excluding carboxylic acids is 1. The molecule has 7 heteroatoms. The molecule has 138 valence electrons. The third kappa shape index (κ3) is 5.02. The van der Waals surface area contributed by atoms with Gasteiger partial charge in [-0.05, 0) is 37.1 Å². The Bertz CT molecular complexity index is 632. The second-order valence-corrected chi connectivity index (χ2v) is 6.40. The summed E-state index contributed by atoms with van der Waals surface area (Å²) in [5, 5.41) is 41.4. The van der Waals surface area contributed by atoms with Crippen molar-refractivity contribution in [3.8, 4) is 5.75 Å². The number of ether oxygens (including phenoxy) is 1. The summed E-state index contributed by atoms with van der Waals surface area (Å²) in [4.78, 5) is 12.3. The monoisotopic (exact) mass is 351 g/mol. The molecule has 0 aromatic heterocycles. The van der Waals surface area contributed by atoms with Crippen LogP contribution in [0.4, 0.5) is 0 Å². The van der Waals surface area contributed by atoms with Crippen LogP contribution in [0.25, 0.3) is 6.08 Å². The Morgan fingerprint density at radius 3 is 2.52 bits per heavy atom. The first-order valence-electron chi connectivity index (χ1n) is 8.19. The molecule has 1 saturated carbocycles. The number of carbonyl (C=O) groups is 1. The van der Waals surface area contributed by atoms with Crippen LogP contribution < -0.4 is 5.32 Å². The predicted molar refractivity (Wildman–Crippen MR) is 91.6 cm³/mol. The van der Waals surface area contributed by atoms with E-state index in [0.29, 0.717) is 11.1 Å². The lowest BCUT2D eigenvalue weighted by atomic mass is 9.87. The van der Waals surface area contributed by atoms with Crippen LogP contribution >= 0.6 is 0 Å². The van der Waals surface area contributed by atoms with Crippen molar-refractivity contribution in [3.05, 3.63) is 34.9 Å². The van der Waals surface area contributed by atoms with Crippen molar-refractivity contribution in [2.24, 2.45) is 0 Å². The van der Waals surface area contributed by atoms with Crippen LogP contribution in [0.5, 0.6) is 5.75 Å². The average Bonchev–Trinajstić information content (AvgIpc) is 2.54. The number of aromatic hydroxyl groups is 1. The Morgan fingerprint density at radius 2 is 1.96 bits per heavy atom. The Balaban J connectivity index is 2.02. The lowest BCUT2D eigenvalue weighted by molar-refractivity contribution is -0.130. The number of phenolic OH excluding ortho intramolecular Hbond substituents is 1. The van der Waals surface area contributed by atoms with Crippen LogP contribution in [0.2, 0.25) is 0 Å². The summed E-state index contributed by atoms with van der Waals surface area (Å²) in [6.45, 7) is 2.92. The molecule has 2 unspecified atom stereocenters. The highest BCUT2D eigenvalue weighted by atomic mass is 16.6. The molecule has 1 amide bonds. The Kier molecular flexibility index (Phi) is 6.55. The second kappa shape index (κ2) is 8.44. The average molecular weight is 351 g/mol. The molecule has 1 aliphatic carbocycles. The zero-order valence-corrected chi connectivity index (χ0v) is 14.3. The van der Waals surface area contributed by atoms with E-state index in [-0.39, 0.29) is 18.6 Å². The molecule has 0 spiro atoms. The van der Waals surface area contributed by atoms with Crippen molar-refractivity contribution < 1.29 is 30.0 Å². The van der Waals surface area contributed by atoms with Crippen molar-refractivity contribution in [1.29, 1.82) is 0 Å². The van der Waals surface area contributed by atoms with Gasteiger partial charge >= 0.3 is 0 Å². The molecule has 0 bridgehead atoms. The van der Waals surface area contributed by atoms with Gasteiger partial charge in [-0.25, -0.2) is 0 Å². The summed E-state index contributed by atoms with van der Waals surface area (Å²) in [5.41, 5.74) is 1.81. The first-order valence-corrected chi connectivity index (χ1v) is 8.19. The molecule has 1 fully saturated rings. The minimum Gasteiger partial charge on any atom is -0.508 e. The number of aliphatic hydroxyl groups excluding tert-OH is 3. The molecule has 1 aliphatic rings. The molecule has 5 N–H and O–H groups in total. The minimum atomic E-state index is -0.972. The fourth-order valence-corrected chi connectivity index (χ4v) is 2.92. The fourth-order valence-electron chi connectivity index (χ4n) is 2.92. The fraction of sp³-hybridized carbons (Fsp3) is 0.500. The number of aliphatic hydroxyl groups is 3. The molecule has 0 radical (unpaired) electrons. The smallest absolute Gasteiger partial charge is 0.247 e. The third-order valence-electron chi connectivity index (χ3n) is 4.42. The Hall–Kier alpha value is -1.93. The third-order valence-corrected chi connectivity index (χ3v) is 4.42. The van der Waals surface area contributed by atoms with Crippen molar-refractivity contribution in [3.63, 3.8) is 0 Å². The molecule has 0 saturated heterocycles. The number of aryl methyl sites for hydroxylation is 1. The van der Waals surface area contributed by atoms with Crippen LogP contribution in [0.1, 0.15) is 30.9 Å². The predicted octanol–water partition coefficient (Wildman–Crippen LogP) is 0.439. The summed E-state index contributed by atoms with van der Waals surface area (Å²) in [5.74, 6) is -0.264. The maximum Gasteiger partial charge on any atom is 0.247 e. The lowest BCUT2D eigenvalue weighted by Crippen LogP contribution is -2.56. The van der Waals surface area contributed by atoms with Gasteiger partial charge in [0.2, 0.25) is 5.91 Å². The quantitative estimate of drug-likeness (QED) is 0.388. The van der Waals surface area contributed by atoms with Gasteiger partial charge in [-0.1, -0.05) is 12.1 Å². The minimum absolute atomic E-state index is 0.148. The first-order chi connectivity index (χ1) is 11.8. The molecule has 2 atom stereocenters. The van der Waals surface area contributed by atoms with Crippen molar-refractivity contribution in [1.82, 2.24) is 5.32 Å². The van der Waals surface area contributed by atoms with Gasteiger partial charge in [0.15, 0.2) is 0 Å². The van der Waals surface area contributed by atoms with E-state index in [2.05, 4.69) is 5.32 Å². The maximum atomic E-state index is 12.3. The molecule has 0 aliphatic heterocycles. The molecular weight excluding hydrogens is 326 g/mol. The lowest BCUT2D eigenvalue weighted by Gasteiger charge is -2.37. The molecule has 1 aromatic rings. The van der Waals surface area contributed by atoms with Crippen LogP contribution in [0.15, 0.2) is 23.8 Å². The van der Waals surface area contributed by atoms with E-state index in [0.717, 1.165) is 5.56 Å². The second-order valence-electron chi connectivity index (χ2n) is 6.40. The summed E-state index contributed by atoms with van der Waals surface area (Å²) in [6.07, 6.45) is -0.335. The van der Waals surface area contributed by atoms with Gasteiger partial charge in [-0.2, -0.15) is 0 Å². The number of nitrogens with one attached hydrogen (secondary N) is 1. The molecule has 2 rings (SSSR count). The van der Waals surface area contributed by atoms with E-state index in [9.17, 15) is 20.1 Å². The van der Waals surface area contributed by atoms with Crippen LogP contribution in [-0.2, 0) is 9.53 Å². The summed E-state index contributed by atoms with van der Waals surface area (Å²) < 4.78 is 5.01. The summed E-state index contributed by atoms with van der Waals surface area (Å²) in [6, 6.07) is 4.29. The van der Waals surface area contributed by atoms with E-state index in [1.807, 2.05) is 0 Å². The van der Waals surface area contributed by atoms with Gasteiger partial charge in [-0.3, -0.25) is 4.79 Å². The van der Waals surface area contributed by atoms with Gasteiger partial charge in [0.25, 0.3) is 0 Å². The van der Waals surface area contributed by atoms with E-state index in [1.54, 1.807) is 38.1 Å². The van der Waals surface area contributed by atoms with E-state index >= 15 is 0 Å². The standard InChI is InChI=1S/C18H25NO6/c1-10-3-4-12(6-14(10)21)5-11(2)18(24)19-17-15(22)7-13(25-9-20)8-16(17)23/h3-6,13,15-17,20-23H,7-9H2,1-2H3,(H,19,24)/b11-5+. The number of rotatable bonds is 5. The molecular formula is C18H25NO6. The number of amides is 1. The van der Waals surface area contributed by atoms with Crippen LogP contribution in [0, 0.1) is 6.92 Å². The van der Waals surface area contributed by atoms with Gasteiger partial charge in [0, 0.05) is 18.4 Å². The van der Waals surface area contributed by atoms with Crippen LogP contribution in [0.3, 0.4) is 0 Å². The zero-order chi connectivity index (χ0) is 18.6.